The molecular formula is C10H12N6S2. The zero-order valence-electron chi connectivity index (χ0n) is 9.91. The number of nitrogens with one attached hydrogen (secondary N) is 1. The molecule has 2 rings (SSSR count). The van der Waals surface area contributed by atoms with Gasteiger partial charge in [-0.25, -0.2) is 0 Å². The standard InChI is InChI=1S/C10H12N6S2/c1-16(2)9-14-15-10(18-9)17-6-4-3-5-13-7(6)8(11)12/h3-5H,1-2H3,(H3,11,12). The predicted octanol–water partition coefficient (Wildman–Crippen LogP) is 1.43. The maximum absolute atomic E-state index is 7.48. The molecule has 2 heterocycles. The number of pyridine rings is 1. The van der Waals surface area contributed by atoms with Gasteiger partial charge in [0.25, 0.3) is 0 Å². The number of aromatic nitrogens is 3. The Morgan fingerprint density at radius 3 is 2.83 bits per heavy atom. The van der Waals surface area contributed by atoms with Crippen LogP contribution in [0.5, 0.6) is 0 Å². The molecule has 0 saturated heterocycles. The van der Waals surface area contributed by atoms with Gasteiger partial charge in [0.05, 0.1) is 0 Å². The summed E-state index contributed by atoms with van der Waals surface area (Å²) in [5.41, 5.74) is 5.96. The molecule has 0 aliphatic carbocycles. The van der Waals surface area contributed by atoms with Crippen LogP contribution in [0.1, 0.15) is 5.69 Å². The van der Waals surface area contributed by atoms with Crippen molar-refractivity contribution in [3.05, 3.63) is 24.0 Å². The fraction of sp³-hybridized carbons (Fsp3) is 0.200. The third-order valence-electron chi connectivity index (χ3n) is 2.00. The molecule has 2 aromatic rings. The molecule has 0 aliphatic rings. The number of rotatable bonds is 4. The minimum absolute atomic E-state index is 0.0459. The predicted molar refractivity (Wildman–Crippen MR) is 73.6 cm³/mol. The van der Waals surface area contributed by atoms with Crippen molar-refractivity contribution in [3.8, 4) is 0 Å². The Kier molecular flexibility index (Phi) is 3.78. The van der Waals surface area contributed by atoms with Crippen LogP contribution in [0.15, 0.2) is 27.6 Å². The first-order valence-corrected chi connectivity index (χ1v) is 6.69. The van der Waals surface area contributed by atoms with E-state index in [-0.39, 0.29) is 5.84 Å². The van der Waals surface area contributed by atoms with Crippen molar-refractivity contribution < 1.29 is 0 Å². The Hall–Kier alpha value is -1.67. The van der Waals surface area contributed by atoms with E-state index in [1.807, 2.05) is 31.1 Å². The molecule has 8 heteroatoms. The lowest BCUT2D eigenvalue weighted by Crippen LogP contribution is -2.14. The van der Waals surface area contributed by atoms with E-state index in [1.54, 1.807) is 6.20 Å². The van der Waals surface area contributed by atoms with Crippen LogP contribution in [0, 0.1) is 5.41 Å². The second-order valence-corrected chi connectivity index (χ2v) is 5.86. The van der Waals surface area contributed by atoms with E-state index in [4.69, 9.17) is 11.1 Å². The molecule has 0 bridgehead atoms. The SMILES string of the molecule is CN(C)c1nnc(Sc2cccnc2C(=N)N)s1. The molecule has 0 atom stereocenters. The van der Waals surface area contributed by atoms with Crippen LogP contribution >= 0.6 is 23.1 Å². The molecule has 0 amide bonds. The van der Waals surface area contributed by atoms with Crippen molar-refractivity contribution in [1.29, 1.82) is 5.41 Å². The minimum atomic E-state index is -0.0459. The Labute approximate surface area is 113 Å². The van der Waals surface area contributed by atoms with E-state index in [2.05, 4.69) is 15.2 Å². The van der Waals surface area contributed by atoms with E-state index < -0.39 is 0 Å². The number of hydrogen-bond donors (Lipinski definition) is 2. The van der Waals surface area contributed by atoms with Crippen molar-refractivity contribution in [3.63, 3.8) is 0 Å². The number of anilines is 1. The molecule has 3 N–H and O–H groups in total. The second kappa shape index (κ2) is 5.32. The lowest BCUT2D eigenvalue weighted by atomic mass is 10.3. The fourth-order valence-electron chi connectivity index (χ4n) is 1.19. The highest BCUT2D eigenvalue weighted by Gasteiger charge is 2.12. The van der Waals surface area contributed by atoms with Gasteiger partial charge in [0.1, 0.15) is 11.5 Å². The zero-order valence-corrected chi connectivity index (χ0v) is 11.5. The average Bonchev–Trinajstić information content (AvgIpc) is 2.78. The summed E-state index contributed by atoms with van der Waals surface area (Å²) in [6, 6.07) is 3.67. The van der Waals surface area contributed by atoms with Gasteiger partial charge in [-0.2, -0.15) is 0 Å². The monoisotopic (exact) mass is 280 g/mol. The Morgan fingerprint density at radius 1 is 1.44 bits per heavy atom. The highest BCUT2D eigenvalue weighted by atomic mass is 32.2. The van der Waals surface area contributed by atoms with E-state index in [0.29, 0.717) is 5.69 Å². The van der Waals surface area contributed by atoms with Gasteiger partial charge < -0.3 is 10.6 Å². The van der Waals surface area contributed by atoms with Gasteiger partial charge in [-0.3, -0.25) is 10.4 Å². The number of nitrogens with zero attached hydrogens (tertiary/aromatic N) is 4. The van der Waals surface area contributed by atoms with Gasteiger partial charge in [-0.15, -0.1) is 10.2 Å². The number of nitrogen functional groups attached to an aromatic ring is 1. The molecule has 0 radical (unpaired) electrons. The first-order valence-electron chi connectivity index (χ1n) is 5.06. The normalized spacial score (nSPS) is 10.3. The van der Waals surface area contributed by atoms with Crippen molar-refractivity contribution >= 4 is 34.1 Å². The maximum atomic E-state index is 7.48. The molecule has 0 saturated carbocycles. The van der Waals surface area contributed by atoms with Crippen molar-refractivity contribution in [2.45, 2.75) is 9.24 Å². The molecular weight excluding hydrogens is 268 g/mol. The highest BCUT2D eigenvalue weighted by Crippen LogP contribution is 2.33. The van der Waals surface area contributed by atoms with Crippen molar-refractivity contribution in [2.24, 2.45) is 5.73 Å². The molecule has 2 aromatic heterocycles. The summed E-state index contributed by atoms with van der Waals surface area (Å²) in [6.45, 7) is 0. The first-order chi connectivity index (χ1) is 8.58. The van der Waals surface area contributed by atoms with Crippen LogP contribution in [0.2, 0.25) is 0 Å². The summed E-state index contributed by atoms with van der Waals surface area (Å²) in [5, 5.41) is 16.5. The zero-order chi connectivity index (χ0) is 13.1. The molecule has 0 fully saturated rings. The minimum Gasteiger partial charge on any atom is -0.382 e. The average molecular weight is 280 g/mol. The van der Waals surface area contributed by atoms with Crippen LogP contribution < -0.4 is 10.6 Å². The molecule has 0 aromatic carbocycles. The lowest BCUT2D eigenvalue weighted by Gasteiger charge is -2.04. The van der Waals surface area contributed by atoms with Gasteiger partial charge in [0, 0.05) is 25.2 Å². The highest BCUT2D eigenvalue weighted by molar-refractivity contribution is 8.01. The molecule has 6 nitrogen and oxygen atoms in total. The summed E-state index contributed by atoms with van der Waals surface area (Å²) in [6.07, 6.45) is 1.62. The Bertz CT molecular complexity index is 565. The quantitative estimate of drug-likeness (QED) is 0.650. The smallest absolute Gasteiger partial charge is 0.208 e. The number of nitrogens with two attached hydrogens (primary N) is 1. The number of amidine groups is 1. The lowest BCUT2D eigenvalue weighted by molar-refractivity contribution is 0.972. The van der Waals surface area contributed by atoms with Crippen LogP contribution in [0.25, 0.3) is 0 Å². The van der Waals surface area contributed by atoms with E-state index in [9.17, 15) is 0 Å². The van der Waals surface area contributed by atoms with E-state index in [0.717, 1.165) is 14.4 Å². The van der Waals surface area contributed by atoms with Gasteiger partial charge in [-0.05, 0) is 12.1 Å². The fourth-order valence-corrected chi connectivity index (χ4v) is 3.03. The summed E-state index contributed by atoms with van der Waals surface area (Å²) in [5.74, 6) is -0.0459. The summed E-state index contributed by atoms with van der Waals surface area (Å²) < 4.78 is 0.800. The van der Waals surface area contributed by atoms with Gasteiger partial charge in [0.2, 0.25) is 5.13 Å². The second-order valence-electron chi connectivity index (χ2n) is 3.61. The van der Waals surface area contributed by atoms with Crippen molar-refractivity contribution in [1.82, 2.24) is 15.2 Å². The molecule has 94 valence electrons. The molecule has 0 unspecified atom stereocenters. The van der Waals surface area contributed by atoms with E-state index in [1.165, 1.54) is 23.1 Å². The number of hydrogen-bond acceptors (Lipinski definition) is 7. The van der Waals surface area contributed by atoms with Gasteiger partial charge in [0.15, 0.2) is 4.34 Å². The third-order valence-corrected chi connectivity index (χ3v) is 4.19. The van der Waals surface area contributed by atoms with Crippen LogP contribution in [0.3, 0.4) is 0 Å². The Balaban J connectivity index is 2.25. The summed E-state index contributed by atoms with van der Waals surface area (Å²) in [4.78, 5) is 6.80. The topological polar surface area (TPSA) is 91.8 Å². The van der Waals surface area contributed by atoms with Crippen LogP contribution in [-0.4, -0.2) is 35.1 Å². The first kappa shape index (κ1) is 12.8. The molecule has 0 spiro atoms. The van der Waals surface area contributed by atoms with Crippen LogP contribution in [0.4, 0.5) is 5.13 Å². The van der Waals surface area contributed by atoms with Gasteiger partial charge in [-0.1, -0.05) is 23.1 Å². The van der Waals surface area contributed by atoms with Crippen molar-refractivity contribution in [2.75, 3.05) is 19.0 Å². The molecule has 0 aliphatic heterocycles. The van der Waals surface area contributed by atoms with Crippen LogP contribution in [-0.2, 0) is 0 Å². The molecule has 18 heavy (non-hydrogen) atoms. The van der Waals surface area contributed by atoms with E-state index >= 15 is 0 Å². The van der Waals surface area contributed by atoms with Gasteiger partial charge >= 0.3 is 0 Å². The summed E-state index contributed by atoms with van der Waals surface area (Å²) in [7, 11) is 3.83. The Morgan fingerprint density at radius 2 is 2.22 bits per heavy atom. The largest absolute Gasteiger partial charge is 0.382 e. The summed E-state index contributed by atoms with van der Waals surface area (Å²) >= 11 is 2.90. The third kappa shape index (κ3) is 2.77. The maximum Gasteiger partial charge on any atom is 0.208 e.